The Morgan fingerprint density at radius 3 is 2.18 bits per heavy atom. The van der Waals surface area contributed by atoms with Gasteiger partial charge in [0.25, 0.3) is 5.91 Å². The van der Waals surface area contributed by atoms with E-state index in [1.807, 2.05) is 30.3 Å². The molecule has 33 heavy (non-hydrogen) atoms. The lowest BCUT2D eigenvalue weighted by Gasteiger charge is -2.62. The number of benzene rings is 2. The average molecular weight is 442 g/mol. The summed E-state index contributed by atoms with van der Waals surface area (Å²) >= 11 is 0. The van der Waals surface area contributed by atoms with Crippen LogP contribution in [0.2, 0.25) is 0 Å². The molecule has 2 fully saturated rings. The number of likely N-dealkylation sites (tertiary alicyclic amines) is 1. The van der Waals surface area contributed by atoms with Crippen LogP contribution < -0.4 is 20.1 Å². The summed E-state index contributed by atoms with van der Waals surface area (Å²) in [6, 6.07) is 20.2. The summed E-state index contributed by atoms with van der Waals surface area (Å²) in [5.74, 6) is 2.01. The largest absolute Gasteiger partial charge is 0.457 e. The standard InChI is InChI=1S/C25H22N4O4/c1-2-23(30)29-15-20-21(29)14-28(20)22-13-12-19(24(26)31)25(27-22)33-18-10-8-17(9-11-18)32-16-6-4-3-5-7-16/h2-13,20-21H,1,14-15H2,(H2,26,31)/t20?,21-/m1/s1. The molecule has 0 spiro atoms. The zero-order valence-electron chi connectivity index (χ0n) is 17.8. The first-order valence-corrected chi connectivity index (χ1v) is 10.5. The first-order valence-electron chi connectivity index (χ1n) is 10.5. The molecule has 2 aromatic carbocycles. The summed E-state index contributed by atoms with van der Waals surface area (Å²) in [7, 11) is 0. The van der Waals surface area contributed by atoms with E-state index in [0.29, 0.717) is 30.4 Å². The monoisotopic (exact) mass is 442 g/mol. The van der Waals surface area contributed by atoms with Gasteiger partial charge in [0.05, 0.1) is 12.1 Å². The summed E-state index contributed by atoms with van der Waals surface area (Å²) < 4.78 is 11.7. The van der Waals surface area contributed by atoms with E-state index in [0.717, 1.165) is 5.75 Å². The van der Waals surface area contributed by atoms with Gasteiger partial charge in [0.15, 0.2) is 0 Å². The molecule has 8 nitrogen and oxygen atoms in total. The number of anilines is 1. The molecule has 8 heteroatoms. The molecule has 3 heterocycles. The van der Waals surface area contributed by atoms with Gasteiger partial charge in [-0.2, -0.15) is 4.98 Å². The third-order valence-electron chi connectivity index (χ3n) is 5.89. The number of piperazine rings is 1. The molecule has 0 aliphatic carbocycles. The highest BCUT2D eigenvalue weighted by Gasteiger charge is 2.53. The highest BCUT2D eigenvalue weighted by Crippen LogP contribution is 2.38. The van der Waals surface area contributed by atoms with Crippen molar-refractivity contribution in [3.63, 3.8) is 0 Å². The van der Waals surface area contributed by atoms with Crippen LogP contribution in [-0.4, -0.2) is 46.9 Å². The predicted molar refractivity (Wildman–Crippen MR) is 123 cm³/mol. The second kappa shape index (κ2) is 8.31. The number of fused-ring (bicyclic) bond motifs is 1. The van der Waals surface area contributed by atoms with E-state index in [4.69, 9.17) is 15.2 Å². The quantitative estimate of drug-likeness (QED) is 0.564. The van der Waals surface area contributed by atoms with Crippen LogP contribution in [-0.2, 0) is 4.79 Å². The van der Waals surface area contributed by atoms with Crippen LogP contribution in [0.4, 0.5) is 5.82 Å². The number of ether oxygens (including phenoxy) is 2. The van der Waals surface area contributed by atoms with Gasteiger partial charge in [0.1, 0.15) is 28.6 Å². The van der Waals surface area contributed by atoms with E-state index in [-0.39, 0.29) is 29.4 Å². The maximum Gasteiger partial charge on any atom is 0.254 e. The number of hydrogen-bond donors (Lipinski definition) is 1. The number of aromatic nitrogens is 1. The number of amides is 2. The molecule has 2 amide bonds. The van der Waals surface area contributed by atoms with E-state index in [1.54, 1.807) is 41.3 Å². The molecule has 2 N–H and O–H groups in total. The van der Waals surface area contributed by atoms with Crippen molar-refractivity contribution >= 4 is 17.6 Å². The number of pyridine rings is 1. The summed E-state index contributed by atoms with van der Waals surface area (Å²) in [5.41, 5.74) is 5.72. The Labute approximate surface area is 190 Å². The molecule has 3 aromatic rings. The molecule has 0 bridgehead atoms. The normalized spacial score (nSPS) is 18.4. The molecule has 2 aliphatic rings. The van der Waals surface area contributed by atoms with Crippen LogP contribution >= 0.6 is 0 Å². The number of nitrogens with two attached hydrogens (primary N) is 1. The zero-order valence-corrected chi connectivity index (χ0v) is 17.8. The van der Waals surface area contributed by atoms with E-state index in [2.05, 4.69) is 16.5 Å². The Morgan fingerprint density at radius 1 is 0.909 bits per heavy atom. The van der Waals surface area contributed by atoms with Crippen molar-refractivity contribution < 1.29 is 19.1 Å². The topological polar surface area (TPSA) is 98.0 Å². The summed E-state index contributed by atoms with van der Waals surface area (Å²) in [4.78, 5) is 32.2. The van der Waals surface area contributed by atoms with Gasteiger partial charge in [0, 0.05) is 13.1 Å². The smallest absolute Gasteiger partial charge is 0.254 e. The molecule has 166 valence electrons. The lowest BCUT2D eigenvalue weighted by Crippen LogP contribution is -2.80. The van der Waals surface area contributed by atoms with Crippen molar-refractivity contribution in [3.8, 4) is 23.1 Å². The number of rotatable bonds is 7. The van der Waals surface area contributed by atoms with Gasteiger partial charge >= 0.3 is 0 Å². The van der Waals surface area contributed by atoms with E-state index < -0.39 is 5.91 Å². The molecule has 0 radical (unpaired) electrons. The first-order chi connectivity index (χ1) is 16.0. The Bertz CT molecular complexity index is 1210. The minimum absolute atomic E-state index is 0.0587. The number of hydrogen-bond acceptors (Lipinski definition) is 6. The molecule has 1 aromatic heterocycles. The minimum Gasteiger partial charge on any atom is -0.457 e. The highest BCUT2D eigenvalue weighted by molar-refractivity contribution is 5.95. The maximum absolute atomic E-state index is 11.9. The van der Waals surface area contributed by atoms with Crippen molar-refractivity contribution in [2.24, 2.45) is 5.73 Å². The zero-order chi connectivity index (χ0) is 22.9. The lowest BCUT2D eigenvalue weighted by atomic mass is 9.85. The molecule has 5 rings (SSSR count). The Hall–Kier alpha value is -4.33. The number of carbonyl (C=O) groups is 2. The molecular formula is C25H22N4O4. The third kappa shape index (κ3) is 3.87. The first kappa shape index (κ1) is 20.6. The molecule has 2 aliphatic heterocycles. The summed E-state index contributed by atoms with van der Waals surface area (Å²) in [6.07, 6.45) is 1.33. The van der Waals surface area contributed by atoms with E-state index >= 15 is 0 Å². The van der Waals surface area contributed by atoms with Crippen LogP contribution in [0.15, 0.2) is 79.4 Å². The fourth-order valence-electron chi connectivity index (χ4n) is 4.06. The average Bonchev–Trinajstić information content (AvgIpc) is 2.81. The highest BCUT2D eigenvalue weighted by atomic mass is 16.5. The van der Waals surface area contributed by atoms with Gasteiger partial charge in [-0.25, -0.2) is 0 Å². The van der Waals surface area contributed by atoms with Crippen molar-refractivity contribution in [2.75, 3.05) is 18.0 Å². The maximum atomic E-state index is 11.9. The number of carbonyl (C=O) groups excluding carboxylic acids is 2. The molecule has 0 saturated carbocycles. The molecule has 2 atom stereocenters. The Morgan fingerprint density at radius 2 is 1.58 bits per heavy atom. The second-order valence-electron chi connectivity index (χ2n) is 7.86. The van der Waals surface area contributed by atoms with E-state index in [1.165, 1.54) is 6.08 Å². The second-order valence-corrected chi connectivity index (χ2v) is 7.86. The van der Waals surface area contributed by atoms with Gasteiger partial charge in [-0.05, 0) is 54.6 Å². The van der Waals surface area contributed by atoms with Gasteiger partial charge in [-0.15, -0.1) is 0 Å². The third-order valence-corrected chi connectivity index (χ3v) is 5.89. The van der Waals surface area contributed by atoms with Crippen molar-refractivity contribution in [2.45, 2.75) is 12.1 Å². The van der Waals surface area contributed by atoms with Gasteiger partial charge in [0.2, 0.25) is 11.8 Å². The summed E-state index contributed by atoms with van der Waals surface area (Å²) in [6.45, 7) is 4.83. The Balaban J connectivity index is 1.31. The van der Waals surface area contributed by atoms with Crippen molar-refractivity contribution in [1.82, 2.24) is 9.88 Å². The van der Waals surface area contributed by atoms with Crippen molar-refractivity contribution in [1.29, 1.82) is 0 Å². The van der Waals surface area contributed by atoms with E-state index in [9.17, 15) is 9.59 Å². The lowest BCUT2D eigenvalue weighted by molar-refractivity contribution is -0.138. The van der Waals surface area contributed by atoms with Crippen LogP contribution in [0.25, 0.3) is 0 Å². The minimum atomic E-state index is -0.624. The SMILES string of the molecule is C=CC(=O)N1CC2[C@H]1CN2c1ccc(C(N)=O)c(Oc2ccc(Oc3ccccc3)cc2)n1. The number of nitrogens with zero attached hydrogens (tertiary/aromatic N) is 3. The fourth-order valence-corrected chi connectivity index (χ4v) is 4.06. The van der Waals surface area contributed by atoms with Crippen LogP contribution in [0.5, 0.6) is 23.1 Å². The fraction of sp³-hybridized carbons (Fsp3) is 0.160. The van der Waals surface area contributed by atoms with Gasteiger partial charge in [-0.1, -0.05) is 24.8 Å². The summed E-state index contributed by atoms with van der Waals surface area (Å²) in [5, 5.41) is 0. The molecular weight excluding hydrogens is 420 g/mol. The predicted octanol–water partition coefficient (Wildman–Crippen LogP) is 3.35. The number of para-hydroxylation sites is 1. The van der Waals surface area contributed by atoms with Crippen LogP contribution in [0.3, 0.4) is 0 Å². The van der Waals surface area contributed by atoms with Crippen molar-refractivity contribution in [3.05, 3.63) is 84.9 Å². The van der Waals surface area contributed by atoms with Crippen LogP contribution in [0, 0.1) is 0 Å². The Kier molecular flexibility index (Phi) is 5.18. The molecule has 2 saturated heterocycles. The van der Waals surface area contributed by atoms with Gasteiger partial charge < -0.3 is 25.0 Å². The van der Waals surface area contributed by atoms with Crippen LogP contribution in [0.1, 0.15) is 10.4 Å². The molecule has 1 unspecified atom stereocenters. The van der Waals surface area contributed by atoms with Gasteiger partial charge in [-0.3, -0.25) is 9.59 Å². The number of primary amides is 1.